The maximum atomic E-state index is 12.1. The Morgan fingerprint density at radius 1 is 1.25 bits per heavy atom. The number of aromatic nitrogens is 1. The van der Waals surface area contributed by atoms with Gasteiger partial charge in [0.1, 0.15) is 5.76 Å². The molecule has 2 aromatic heterocycles. The van der Waals surface area contributed by atoms with Crippen molar-refractivity contribution in [2.45, 2.75) is 25.7 Å². The Morgan fingerprint density at radius 2 is 2.08 bits per heavy atom. The van der Waals surface area contributed by atoms with Gasteiger partial charge in [-0.25, -0.2) is 4.98 Å². The molecule has 5 heteroatoms. The van der Waals surface area contributed by atoms with Crippen LogP contribution < -0.4 is 5.32 Å². The highest BCUT2D eigenvalue weighted by Crippen LogP contribution is 2.27. The molecule has 0 fully saturated rings. The molecule has 0 saturated heterocycles. The summed E-state index contributed by atoms with van der Waals surface area (Å²) in [5.41, 5.74) is 2.03. The summed E-state index contributed by atoms with van der Waals surface area (Å²) in [6, 6.07) is 14.1. The van der Waals surface area contributed by atoms with Crippen molar-refractivity contribution in [3.05, 3.63) is 76.1 Å². The van der Waals surface area contributed by atoms with Crippen molar-refractivity contribution in [3.63, 3.8) is 0 Å². The van der Waals surface area contributed by atoms with Crippen molar-refractivity contribution in [3.8, 4) is 0 Å². The number of rotatable bonds is 7. The second-order valence-corrected chi connectivity index (χ2v) is 6.71. The minimum Gasteiger partial charge on any atom is -0.469 e. The zero-order valence-electron chi connectivity index (χ0n) is 13.6. The van der Waals surface area contributed by atoms with Crippen LogP contribution in [0.1, 0.15) is 34.4 Å². The number of furan rings is 1. The van der Waals surface area contributed by atoms with Crippen LogP contribution in [0.15, 0.2) is 58.5 Å². The molecule has 24 heavy (non-hydrogen) atoms. The van der Waals surface area contributed by atoms with E-state index in [9.17, 15) is 4.79 Å². The minimum atomic E-state index is 0.00607. The molecule has 0 unspecified atom stereocenters. The summed E-state index contributed by atoms with van der Waals surface area (Å²) in [5, 5.41) is 5.91. The number of amides is 1. The average Bonchev–Trinajstić information content (AvgIpc) is 3.24. The van der Waals surface area contributed by atoms with Crippen LogP contribution in [0.5, 0.6) is 0 Å². The Morgan fingerprint density at radius 3 is 2.75 bits per heavy atom. The molecular formula is C19H20N2O2S. The largest absolute Gasteiger partial charge is 0.469 e. The monoisotopic (exact) mass is 340 g/mol. The minimum absolute atomic E-state index is 0.00607. The van der Waals surface area contributed by atoms with Crippen LogP contribution in [-0.4, -0.2) is 17.4 Å². The number of aryl methyl sites for hydroxylation is 1. The van der Waals surface area contributed by atoms with Crippen LogP contribution in [-0.2, 0) is 11.2 Å². The van der Waals surface area contributed by atoms with Gasteiger partial charge < -0.3 is 9.73 Å². The van der Waals surface area contributed by atoms with Gasteiger partial charge >= 0.3 is 0 Å². The lowest BCUT2D eigenvalue weighted by molar-refractivity contribution is -0.120. The highest BCUT2D eigenvalue weighted by molar-refractivity contribution is 7.09. The molecule has 0 radical (unpaired) electrons. The number of carbonyl (C=O) groups is 1. The van der Waals surface area contributed by atoms with Crippen molar-refractivity contribution in [2.75, 3.05) is 6.54 Å². The van der Waals surface area contributed by atoms with E-state index >= 15 is 0 Å². The highest BCUT2D eigenvalue weighted by atomic mass is 32.1. The van der Waals surface area contributed by atoms with Crippen molar-refractivity contribution >= 4 is 17.2 Å². The van der Waals surface area contributed by atoms with Crippen molar-refractivity contribution < 1.29 is 9.21 Å². The van der Waals surface area contributed by atoms with Crippen LogP contribution in [0.2, 0.25) is 0 Å². The molecule has 0 aliphatic heterocycles. The Hall–Kier alpha value is -2.40. The number of hydrogen-bond donors (Lipinski definition) is 1. The van der Waals surface area contributed by atoms with Gasteiger partial charge in [-0.1, -0.05) is 30.3 Å². The van der Waals surface area contributed by atoms with Crippen LogP contribution >= 0.6 is 11.3 Å². The van der Waals surface area contributed by atoms with Crippen LogP contribution in [0.3, 0.4) is 0 Å². The van der Waals surface area contributed by atoms with E-state index in [1.807, 2.05) is 42.6 Å². The molecule has 1 aromatic carbocycles. The predicted molar refractivity (Wildman–Crippen MR) is 95.2 cm³/mol. The predicted octanol–water partition coefficient (Wildman–Crippen LogP) is 3.93. The van der Waals surface area contributed by atoms with Gasteiger partial charge in [0.25, 0.3) is 0 Å². The second-order valence-electron chi connectivity index (χ2n) is 5.65. The molecule has 0 aliphatic carbocycles. The molecule has 124 valence electrons. The van der Waals surface area contributed by atoms with Crippen LogP contribution in [0.4, 0.5) is 0 Å². The fourth-order valence-electron chi connectivity index (χ4n) is 2.72. The third kappa shape index (κ3) is 4.32. The summed E-state index contributed by atoms with van der Waals surface area (Å²) in [6.45, 7) is 2.54. The molecule has 2 heterocycles. The summed E-state index contributed by atoms with van der Waals surface area (Å²) in [7, 11) is 0. The zero-order chi connectivity index (χ0) is 16.8. The second kappa shape index (κ2) is 7.93. The summed E-state index contributed by atoms with van der Waals surface area (Å²) in [4.78, 5) is 16.4. The molecule has 0 bridgehead atoms. The smallest absolute Gasteiger partial charge is 0.226 e. The summed E-state index contributed by atoms with van der Waals surface area (Å²) in [5.74, 6) is 1.07. The lowest BCUT2D eigenvalue weighted by Crippen LogP contribution is -2.27. The van der Waals surface area contributed by atoms with E-state index in [0.717, 1.165) is 22.9 Å². The fraction of sp³-hybridized carbons (Fsp3) is 0.263. The van der Waals surface area contributed by atoms with E-state index < -0.39 is 0 Å². The van der Waals surface area contributed by atoms with Gasteiger partial charge in [0.15, 0.2) is 0 Å². The van der Waals surface area contributed by atoms with E-state index in [1.54, 1.807) is 17.6 Å². The van der Waals surface area contributed by atoms with E-state index in [1.165, 1.54) is 5.56 Å². The standard InChI is InChI=1S/C19H20N2O2S/c1-14-21-16(13-24-14)12-19(22)20-10-9-17(18-8-5-11-23-18)15-6-3-2-4-7-15/h2-8,11,13,17H,9-10,12H2,1H3,(H,20,22)/t17-/m1/s1. The van der Waals surface area contributed by atoms with Crippen molar-refractivity contribution in [2.24, 2.45) is 0 Å². The first-order valence-corrected chi connectivity index (χ1v) is 8.86. The topological polar surface area (TPSA) is 55.1 Å². The number of nitrogens with one attached hydrogen (secondary N) is 1. The third-order valence-corrected chi connectivity index (χ3v) is 4.67. The van der Waals surface area contributed by atoms with Crippen molar-refractivity contribution in [1.29, 1.82) is 0 Å². The van der Waals surface area contributed by atoms with Gasteiger partial charge in [-0.2, -0.15) is 0 Å². The number of thiazole rings is 1. The molecule has 3 aromatic rings. The molecule has 3 rings (SSSR count). The molecule has 1 amide bonds. The molecule has 1 atom stereocenters. The van der Waals surface area contributed by atoms with Crippen LogP contribution in [0.25, 0.3) is 0 Å². The van der Waals surface area contributed by atoms with Gasteiger partial charge in [0.05, 0.1) is 23.4 Å². The van der Waals surface area contributed by atoms with E-state index in [2.05, 4.69) is 22.4 Å². The molecular weight excluding hydrogens is 320 g/mol. The van der Waals surface area contributed by atoms with E-state index in [4.69, 9.17) is 4.42 Å². The normalized spacial score (nSPS) is 12.0. The molecule has 0 saturated carbocycles. The van der Waals surface area contributed by atoms with Gasteiger partial charge in [-0.05, 0) is 31.0 Å². The first-order valence-electron chi connectivity index (χ1n) is 7.98. The maximum Gasteiger partial charge on any atom is 0.226 e. The highest BCUT2D eigenvalue weighted by Gasteiger charge is 2.17. The Balaban J connectivity index is 1.57. The SMILES string of the molecule is Cc1nc(CC(=O)NCC[C@H](c2ccccc2)c2ccco2)cs1. The van der Waals surface area contributed by atoms with E-state index in [-0.39, 0.29) is 11.8 Å². The van der Waals surface area contributed by atoms with Crippen molar-refractivity contribution in [1.82, 2.24) is 10.3 Å². The molecule has 0 spiro atoms. The van der Waals surface area contributed by atoms with Gasteiger partial charge in [0.2, 0.25) is 5.91 Å². The lowest BCUT2D eigenvalue weighted by Gasteiger charge is -2.15. The van der Waals surface area contributed by atoms with Gasteiger partial charge in [0, 0.05) is 17.8 Å². The molecule has 4 nitrogen and oxygen atoms in total. The average molecular weight is 340 g/mol. The molecule has 0 aliphatic rings. The number of carbonyl (C=O) groups excluding carboxylic acids is 1. The van der Waals surface area contributed by atoms with Gasteiger partial charge in [-0.15, -0.1) is 11.3 Å². The number of hydrogen-bond acceptors (Lipinski definition) is 4. The Bertz CT molecular complexity index is 766. The first-order chi connectivity index (χ1) is 11.7. The summed E-state index contributed by atoms with van der Waals surface area (Å²) >= 11 is 1.57. The number of benzene rings is 1. The van der Waals surface area contributed by atoms with Gasteiger partial charge in [-0.3, -0.25) is 4.79 Å². The summed E-state index contributed by atoms with van der Waals surface area (Å²) < 4.78 is 5.58. The summed E-state index contributed by atoms with van der Waals surface area (Å²) in [6.07, 6.45) is 2.81. The van der Waals surface area contributed by atoms with Crippen LogP contribution in [0, 0.1) is 6.92 Å². The first kappa shape index (κ1) is 16.5. The Labute approximate surface area is 145 Å². The quantitative estimate of drug-likeness (QED) is 0.709. The number of nitrogens with zero attached hydrogens (tertiary/aromatic N) is 1. The molecule has 1 N–H and O–H groups in total. The maximum absolute atomic E-state index is 12.1. The fourth-order valence-corrected chi connectivity index (χ4v) is 3.33. The lowest BCUT2D eigenvalue weighted by atomic mass is 9.93. The van der Waals surface area contributed by atoms with E-state index in [0.29, 0.717) is 13.0 Å². The zero-order valence-corrected chi connectivity index (χ0v) is 14.4. The Kier molecular flexibility index (Phi) is 5.43. The third-order valence-electron chi connectivity index (χ3n) is 3.85.